The average Bonchev–Trinajstić information content (AvgIpc) is 2.66. The summed E-state index contributed by atoms with van der Waals surface area (Å²) in [4.78, 5) is 26.3. The Morgan fingerprint density at radius 3 is 2.48 bits per heavy atom. The fraction of sp³-hybridized carbons (Fsp3) is 0.826. The van der Waals surface area contributed by atoms with E-state index in [9.17, 15) is 30.0 Å². The summed E-state index contributed by atoms with van der Waals surface area (Å²) in [5, 5.41) is 42.0. The monoisotopic (exact) mass is 410 g/mol. The molecule has 1 saturated carbocycles. The van der Waals surface area contributed by atoms with Gasteiger partial charge in [-0.3, -0.25) is 9.59 Å². The lowest BCUT2D eigenvalue weighted by Crippen LogP contribution is -2.61. The molecule has 0 spiro atoms. The number of Topliss-reactive ketones (excluding diaryl/α,β-unsaturated/α-hetero) is 2. The predicted octanol–water partition coefficient (Wildman–Crippen LogP) is 2.94. The van der Waals surface area contributed by atoms with Crippen molar-refractivity contribution in [3.05, 3.63) is 11.3 Å². The summed E-state index contributed by atoms with van der Waals surface area (Å²) in [6.07, 6.45) is 3.08. The number of ketones is 2. The zero-order chi connectivity index (χ0) is 21.9. The maximum atomic E-state index is 13.2. The fourth-order valence-corrected chi connectivity index (χ4v) is 5.72. The molecule has 6 heteroatoms. The zero-order valence-electron chi connectivity index (χ0n) is 18.2. The molecule has 29 heavy (non-hydrogen) atoms. The van der Waals surface area contributed by atoms with Gasteiger partial charge in [-0.2, -0.15) is 0 Å². The normalized spacial score (nSPS) is 36.1. The summed E-state index contributed by atoms with van der Waals surface area (Å²) >= 11 is 0. The van der Waals surface area contributed by atoms with Crippen LogP contribution in [0.1, 0.15) is 72.6 Å². The maximum Gasteiger partial charge on any atom is 0.203 e. The third kappa shape index (κ3) is 4.30. The minimum atomic E-state index is -1.30. The van der Waals surface area contributed by atoms with Crippen molar-refractivity contribution >= 4 is 11.6 Å². The van der Waals surface area contributed by atoms with E-state index in [4.69, 9.17) is 0 Å². The van der Waals surface area contributed by atoms with Crippen LogP contribution in [0.15, 0.2) is 11.3 Å². The fourth-order valence-electron chi connectivity index (χ4n) is 5.72. The Hall–Kier alpha value is -1.24. The Balaban J connectivity index is 2.54. The Kier molecular flexibility index (Phi) is 8.05. The molecule has 0 heterocycles. The number of carbonyl (C=O) groups is 2. The number of carbonyl (C=O) groups excluding carboxylic acids is 2. The molecule has 7 atom stereocenters. The summed E-state index contributed by atoms with van der Waals surface area (Å²) < 4.78 is 0. The van der Waals surface area contributed by atoms with Crippen LogP contribution in [-0.4, -0.2) is 50.8 Å². The van der Waals surface area contributed by atoms with Crippen LogP contribution in [0.25, 0.3) is 0 Å². The SMILES string of the molecule is CCCCCCC(C)C1=C(O)C(=O)C2C(O)C(C)CC(O)C2C1(C)C(=O)CCO. The van der Waals surface area contributed by atoms with Gasteiger partial charge in [-0.1, -0.05) is 46.5 Å². The molecular formula is C23H38O6. The van der Waals surface area contributed by atoms with E-state index in [1.807, 2.05) is 6.92 Å². The van der Waals surface area contributed by atoms with Crippen molar-refractivity contribution in [3.8, 4) is 0 Å². The third-order valence-corrected chi connectivity index (χ3v) is 7.28. The van der Waals surface area contributed by atoms with Crippen molar-refractivity contribution < 1.29 is 30.0 Å². The number of hydrogen-bond acceptors (Lipinski definition) is 6. The van der Waals surface area contributed by atoms with Gasteiger partial charge in [-0.15, -0.1) is 0 Å². The molecule has 2 rings (SSSR count). The first kappa shape index (κ1) is 24.0. The van der Waals surface area contributed by atoms with Gasteiger partial charge in [0.15, 0.2) is 5.76 Å². The number of allylic oxidation sites excluding steroid dienone is 2. The molecular weight excluding hydrogens is 372 g/mol. The first-order valence-electron chi connectivity index (χ1n) is 11.1. The lowest BCUT2D eigenvalue weighted by molar-refractivity contribution is -0.161. The average molecular weight is 411 g/mol. The molecule has 2 aliphatic rings. The summed E-state index contributed by atoms with van der Waals surface area (Å²) in [6, 6.07) is 0. The summed E-state index contributed by atoms with van der Waals surface area (Å²) in [7, 11) is 0. The number of aliphatic hydroxyl groups excluding tert-OH is 4. The highest BCUT2D eigenvalue weighted by Gasteiger charge is 2.61. The molecule has 0 aromatic carbocycles. The summed E-state index contributed by atoms with van der Waals surface area (Å²) in [6.45, 7) is 7.13. The van der Waals surface area contributed by atoms with E-state index in [1.165, 1.54) is 0 Å². The maximum absolute atomic E-state index is 13.2. The van der Waals surface area contributed by atoms with Crippen molar-refractivity contribution in [2.45, 2.75) is 84.8 Å². The Morgan fingerprint density at radius 1 is 1.24 bits per heavy atom. The highest BCUT2D eigenvalue weighted by atomic mass is 16.3. The standard InChI is InChI=1S/C23H38O6/c1-5-6-7-8-9-13(2)18-22(29)21(28)17-19(15(25)12-14(3)20(17)27)23(18,4)16(26)10-11-24/h13-15,17,19-20,24-25,27,29H,5-12H2,1-4H3. The number of aliphatic hydroxyl groups is 4. The van der Waals surface area contributed by atoms with Gasteiger partial charge in [-0.25, -0.2) is 0 Å². The third-order valence-electron chi connectivity index (χ3n) is 7.28. The molecule has 1 fully saturated rings. The van der Waals surface area contributed by atoms with E-state index in [-0.39, 0.29) is 37.1 Å². The molecule has 2 aliphatic carbocycles. The van der Waals surface area contributed by atoms with Gasteiger partial charge in [0.25, 0.3) is 0 Å². The van der Waals surface area contributed by atoms with E-state index in [0.29, 0.717) is 5.57 Å². The van der Waals surface area contributed by atoms with E-state index in [1.54, 1.807) is 13.8 Å². The smallest absolute Gasteiger partial charge is 0.203 e. The van der Waals surface area contributed by atoms with Crippen molar-refractivity contribution in [2.75, 3.05) is 6.61 Å². The van der Waals surface area contributed by atoms with Crippen LogP contribution >= 0.6 is 0 Å². The number of hydrogen-bond donors (Lipinski definition) is 4. The molecule has 0 bridgehead atoms. The Bertz CT molecular complexity index is 641. The minimum Gasteiger partial charge on any atom is -0.504 e. The Labute approximate surface area is 174 Å². The molecule has 4 N–H and O–H groups in total. The van der Waals surface area contributed by atoms with E-state index in [0.717, 1.165) is 32.1 Å². The van der Waals surface area contributed by atoms with Gasteiger partial charge in [0.05, 0.1) is 23.5 Å². The number of fused-ring (bicyclic) bond motifs is 1. The lowest BCUT2D eigenvalue weighted by atomic mass is 9.50. The van der Waals surface area contributed by atoms with Gasteiger partial charge in [0.2, 0.25) is 5.78 Å². The van der Waals surface area contributed by atoms with Crippen molar-refractivity contribution in [3.63, 3.8) is 0 Å². The largest absolute Gasteiger partial charge is 0.504 e. The first-order chi connectivity index (χ1) is 13.6. The topological polar surface area (TPSA) is 115 Å². The second kappa shape index (κ2) is 9.71. The predicted molar refractivity (Wildman–Crippen MR) is 110 cm³/mol. The highest BCUT2D eigenvalue weighted by Crippen LogP contribution is 2.55. The molecule has 6 nitrogen and oxygen atoms in total. The molecule has 7 unspecified atom stereocenters. The number of rotatable bonds is 9. The lowest BCUT2D eigenvalue weighted by Gasteiger charge is -2.53. The van der Waals surface area contributed by atoms with Gasteiger partial charge < -0.3 is 20.4 Å². The van der Waals surface area contributed by atoms with Gasteiger partial charge >= 0.3 is 0 Å². The van der Waals surface area contributed by atoms with E-state index in [2.05, 4.69) is 6.92 Å². The molecule has 0 aliphatic heterocycles. The van der Waals surface area contributed by atoms with Crippen LogP contribution in [0, 0.1) is 29.1 Å². The number of unbranched alkanes of at least 4 members (excludes halogenated alkanes) is 3. The molecule has 0 aromatic rings. The molecule has 0 radical (unpaired) electrons. The van der Waals surface area contributed by atoms with Crippen LogP contribution in [0.5, 0.6) is 0 Å². The first-order valence-corrected chi connectivity index (χ1v) is 11.1. The van der Waals surface area contributed by atoms with Gasteiger partial charge in [-0.05, 0) is 37.2 Å². The summed E-state index contributed by atoms with van der Waals surface area (Å²) in [5.41, 5.74) is -0.921. The second-order valence-corrected chi connectivity index (χ2v) is 9.30. The molecule has 0 aromatic heterocycles. The highest BCUT2D eigenvalue weighted by molar-refractivity contribution is 6.02. The van der Waals surface area contributed by atoms with Crippen molar-refractivity contribution in [1.82, 2.24) is 0 Å². The van der Waals surface area contributed by atoms with Crippen molar-refractivity contribution in [1.29, 1.82) is 0 Å². The Morgan fingerprint density at radius 2 is 1.90 bits per heavy atom. The molecule has 0 saturated heterocycles. The van der Waals surface area contributed by atoms with E-state index >= 15 is 0 Å². The summed E-state index contributed by atoms with van der Waals surface area (Å²) in [5.74, 6) is -3.64. The van der Waals surface area contributed by atoms with Crippen molar-refractivity contribution in [2.24, 2.45) is 29.1 Å². The van der Waals surface area contributed by atoms with Crippen LogP contribution in [0.3, 0.4) is 0 Å². The van der Waals surface area contributed by atoms with Crippen LogP contribution in [0.2, 0.25) is 0 Å². The van der Waals surface area contributed by atoms with Gasteiger partial charge in [0.1, 0.15) is 5.78 Å². The van der Waals surface area contributed by atoms with Crippen LogP contribution in [0.4, 0.5) is 0 Å². The van der Waals surface area contributed by atoms with Crippen LogP contribution in [-0.2, 0) is 9.59 Å². The van der Waals surface area contributed by atoms with E-state index < -0.39 is 41.0 Å². The second-order valence-electron chi connectivity index (χ2n) is 9.30. The molecule has 0 amide bonds. The minimum absolute atomic E-state index is 0.119. The van der Waals surface area contributed by atoms with Gasteiger partial charge in [0, 0.05) is 18.9 Å². The zero-order valence-corrected chi connectivity index (χ0v) is 18.2. The quantitative estimate of drug-likeness (QED) is 0.435. The van der Waals surface area contributed by atoms with Crippen LogP contribution < -0.4 is 0 Å². The molecule has 166 valence electrons.